The molecule has 0 heterocycles. The lowest BCUT2D eigenvalue weighted by molar-refractivity contribution is -0.0482. The molecule has 150 valence electrons. The number of aliphatic hydroxyl groups is 1. The molecule has 0 amide bonds. The van der Waals surface area contributed by atoms with E-state index >= 15 is 0 Å². The SMILES string of the molecule is CNC[C@]1(O)Cc2ccccc2[C@@H]1Oc1ccccc1-c1cccc2ccccc12. The lowest BCUT2D eigenvalue weighted by atomic mass is 9.96. The Hall–Kier alpha value is -3.14. The van der Waals surface area contributed by atoms with Crippen LogP contribution in [0, 0.1) is 0 Å². The number of para-hydroxylation sites is 1. The van der Waals surface area contributed by atoms with E-state index in [2.05, 4.69) is 66.0 Å². The van der Waals surface area contributed by atoms with Crippen molar-refractivity contribution < 1.29 is 9.84 Å². The zero-order chi connectivity index (χ0) is 20.6. The number of fused-ring (bicyclic) bond motifs is 2. The molecule has 0 radical (unpaired) electrons. The fraction of sp³-hybridized carbons (Fsp3) is 0.185. The first-order chi connectivity index (χ1) is 14.7. The smallest absolute Gasteiger partial charge is 0.154 e. The van der Waals surface area contributed by atoms with E-state index in [1.165, 1.54) is 10.8 Å². The van der Waals surface area contributed by atoms with Crippen molar-refractivity contribution in [1.82, 2.24) is 5.32 Å². The van der Waals surface area contributed by atoms with Crippen molar-refractivity contribution in [3.63, 3.8) is 0 Å². The maximum atomic E-state index is 11.5. The van der Waals surface area contributed by atoms with Gasteiger partial charge in [-0.2, -0.15) is 0 Å². The van der Waals surface area contributed by atoms with Gasteiger partial charge in [-0.15, -0.1) is 0 Å². The summed E-state index contributed by atoms with van der Waals surface area (Å²) in [5, 5.41) is 17.0. The van der Waals surface area contributed by atoms with E-state index in [0.29, 0.717) is 13.0 Å². The average Bonchev–Trinajstić information content (AvgIpc) is 3.05. The van der Waals surface area contributed by atoms with Gasteiger partial charge >= 0.3 is 0 Å². The minimum atomic E-state index is -0.996. The molecule has 1 aliphatic rings. The highest BCUT2D eigenvalue weighted by Crippen LogP contribution is 2.44. The summed E-state index contributed by atoms with van der Waals surface area (Å²) >= 11 is 0. The number of hydrogen-bond acceptors (Lipinski definition) is 3. The molecular weight excluding hydrogens is 370 g/mol. The van der Waals surface area contributed by atoms with Crippen LogP contribution in [-0.2, 0) is 6.42 Å². The lowest BCUT2D eigenvalue weighted by Gasteiger charge is -2.31. The number of benzene rings is 4. The van der Waals surface area contributed by atoms with Crippen molar-refractivity contribution in [2.75, 3.05) is 13.6 Å². The van der Waals surface area contributed by atoms with E-state index < -0.39 is 11.7 Å². The quantitative estimate of drug-likeness (QED) is 0.492. The summed E-state index contributed by atoms with van der Waals surface area (Å²) in [5.41, 5.74) is 3.37. The standard InChI is InChI=1S/C27H25NO2/c1-28-18-27(29)17-20-10-3-5-13-22(20)26(27)30-25-16-7-6-14-24(25)23-15-8-11-19-9-2-4-12-21(19)23/h2-16,26,28-29H,17-18H2,1H3/t26-,27+/m0/s1. The van der Waals surface area contributed by atoms with Gasteiger partial charge in [0.1, 0.15) is 11.4 Å². The molecule has 2 N–H and O–H groups in total. The van der Waals surface area contributed by atoms with Crippen molar-refractivity contribution in [2.24, 2.45) is 0 Å². The molecule has 4 aromatic carbocycles. The largest absolute Gasteiger partial charge is 0.482 e. The summed E-state index contributed by atoms with van der Waals surface area (Å²) in [6, 6.07) is 31.0. The van der Waals surface area contributed by atoms with Gasteiger partial charge in [0.05, 0.1) is 0 Å². The van der Waals surface area contributed by atoms with Crippen LogP contribution in [0.3, 0.4) is 0 Å². The van der Waals surface area contributed by atoms with Crippen LogP contribution in [0.4, 0.5) is 0 Å². The molecule has 0 spiro atoms. The van der Waals surface area contributed by atoms with Crippen LogP contribution in [0.5, 0.6) is 5.75 Å². The second-order valence-electron chi connectivity index (χ2n) is 8.03. The highest BCUT2D eigenvalue weighted by molar-refractivity contribution is 5.97. The summed E-state index contributed by atoms with van der Waals surface area (Å²) in [6.07, 6.45) is 0.141. The second kappa shape index (κ2) is 7.60. The Bertz CT molecular complexity index is 1200. The average molecular weight is 396 g/mol. The number of rotatable bonds is 5. The molecule has 5 rings (SSSR count). The van der Waals surface area contributed by atoms with Crippen molar-refractivity contribution >= 4 is 10.8 Å². The van der Waals surface area contributed by atoms with Crippen molar-refractivity contribution in [1.29, 1.82) is 0 Å². The second-order valence-corrected chi connectivity index (χ2v) is 8.03. The van der Waals surface area contributed by atoms with Gasteiger partial charge in [0.15, 0.2) is 6.10 Å². The van der Waals surface area contributed by atoms with Crippen LogP contribution < -0.4 is 10.1 Å². The molecule has 0 saturated carbocycles. The molecule has 2 atom stereocenters. The van der Waals surface area contributed by atoms with Crippen molar-refractivity contribution in [3.05, 3.63) is 102 Å². The van der Waals surface area contributed by atoms with Crippen LogP contribution in [0.25, 0.3) is 21.9 Å². The number of nitrogens with one attached hydrogen (secondary N) is 1. The van der Waals surface area contributed by atoms with Crippen LogP contribution in [0.15, 0.2) is 91.0 Å². The summed E-state index contributed by atoms with van der Waals surface area (Å²) in [6.45, 7) is 0.461. The van der Waals surface area contributed by atoms with E-state index in [-0.39, 0.29) is 0 Å². The fourth-order valence-electron chi connectivity index (χ4n) is 4.68. The summed E-state index contributed by atoms with van der Waals surface area (Å²) in [5.74, 6) is 0.782. The first kappa shape index (κ1) is 18.9. The molecule has 3 heteroatoms. The predicted molar refractivity (Wildman–Crippen MR) is 122 cm³/mol. The van der Waals surface area contributed by atoms with Crippen LogP contribution in [0.1, 0.15) is 17.2 Å². The maximum absolute atomic E-state index is 11.5. The third-order valence-electron chi connectivity index (χ3n) is 6.02. The van der Waals surface area contributed by atoms with E-state index in [1.807, 2.05) is 37.4 Å². The van der Waals surface area contributed by atoms with Gasteiger partial charge < -0.3 is 15.2 Å². The minimum absolute atomic E-state index is 0.433. The highest BCUT2D eigenvalue weighted by Gasteiger charge is 2.46. The molecule has 4 aromatic rings. The Morgan fingerprint density at radius 1 is 0.867 bits per heavy atom. The van der Waals surface area contributed by atoms with Gasteiger partial charge in [0.25, 0.3) is 0 Å². The van der Waals surface area contributed by atoms with Gasteiger partial charge in [0, 0.05) is 18.5 Å². The molecule has 30 heavy (non-hydrogen) atoms. The van der Waals surface area contributed by atoms with Gasteiger partial charge in [-0.3, -0.25) is 0 Å². The number of likely N-dealkylation sites (N-methyl/N-ethyl adjacent to an activating group) is 1. The lowest BCUT2D eigenvalue weighted by Crippen LogP contribution is -2.45. The topological polar surface area (TPSA) is 41.5 Å². The zero-order valence-corrected chi connectivity index (χ0v) is 17.0. The fourth-order valence-corrected chi connectivity index (χ4v) is 4.68. The molecule has 0 aromatic heterocycles. The first-order valence-electron chi connectivity index (χ1n) is 10.4. The molecule has 0 bridgehead atoms. The maximum Gasteiger partial charge on any atom is 0.154 e. The van der Waals surface area contributed by atoms with Gasteiger partial charge in [-0.1, -0.05) is 84.9 Å². The van der Waals surface area contributed by atoms with E-state index in [1.54, 1.807) is 0 Å². The normalized spacial score (nSPS) is 20.3. The van der Waals surface area contributed by atoms with Gasteiger partial charge in [0.2, 0.25) is 0 Å². The van der Waals surface area contributed by atoms with Gasteiger partial charge in [-0.05, 0) is 40.6 Å². The molecule has 0 unspecified atom stereocenters. The van der Waals surface area contributed by atoms with Gasteiger partial charge in [-0.25, -0.2) is 0 Å². The summed E-state index contributed by atoms with van der Waals surface area (Å²) in [4.78, 5) is 0. The molecule has 0 fully saturated rings. The van der Waals surface area contributed by atoms with E-state index in [9.17, 15) is 5.11 Å². The zero-order valence-electron chi connectivity index (χ0n) is 17.0. The molecule has 3 nitrogen and oxygen atoms in total. The van der Waals surface area contributed by atoms with E-state index in [4.69, 9.17) is 4.74 Å². The molecule has 0 saturated heterocycles. The third kappa shape index (κ3) is 3.17. The predicted octanol–water partition coefficient (Wildman–Crippen LogP) is 5.13. The third-order valence-corrected chi connectivity index (χ3v) is 6.02. The summed E-state index contributed by atoms with van der Waals surface area (Å²) in [7, 11) is 1.86. The highest BCUT2D eigenvalue weighted by atomic mass is 16.5. The first-order valence-corrected chi connectivity index (χ1v) is 10.4. The van der Waals surface area contributed by atoms with E-state index in [0.717, 1.165) is 28.0 Å². The Kier molecular flexibility index (Phi) is 4.78. The Morgan fingerprint density at radius 2 is 1.57 bits per heavy atom. The molecular formula is C27H25NO2. The Balaban J connectivity index is 1.61. The monoisotopic (exact) mass is 395 g/mol. The molecule has 0 aliphatic heterocycles. The minimum Gasteiger partial charge on any atom is -0.482 e. The van der Waals surface area contributed by atoms with Crippen molar-refractivity contribution in [2.45, 2.75) is 18.1 Å². The Labute approximate surface area is 177 Å². The number of ether oxygens (including phenoxy) is 1. The number of hydrogen-bond donors (Lipinski definition) is 2. The Morgan fingerprint density at radius 3 is 2.47 bits per heavy atom. The summed E-state index contributed by atoms with van der Waals surface area (Å²) < 4.78 is 6.61. The molecule has 1 aliphatic carbocycles. The van der Waals surface area contributed by atoms with Crippen molar-refractivity contribution in [3.8, 4) is 16.9 Å². The van der Waals surface area contributed by atoms with Crippen LogP contribution in [0.2, 0.25) is 0 Å². The van der Waals surface area contributed by atoms with Crippen LogP contribution in [-0.4, -0.2) is 24.3 Å². The van der Waals surface area contributed by atoms with Crippen LogP contribution >= 0.6 is 0 Å².